The average molecular weight is 331 g/mol. The van der Waals surface area contributed by atoms with Crippen LogP contribution in [0.15, 0.2) is 16.3 Å². The van der Waals surface area contributed by atoms with Crippen LogP contribution in [-0.4, -0.2) is 31.4 Å². The summed E-state index contributed by atoms with van der Waals surface area (Å²) in [6.45, 7) is 9.31. The summed E-state index contributed by atoms with van der Waals surface area (Å²) in [4.78, 5) is 1.39. The Morgan fingerprint density at radius 2 is 2.00 bits per heavy atom. The van der Waals surface area contributed by atoms with Crippen LogP contribution in [0.4, 0.5) is 0 Å². The molecule has 0 atom stereocenters. The standard InChI is InChI=1S/C15H26N2O2S2/c1-11(2)16-9-14-15(7-8-20-14)21(18,19)17(12(3)4)10-13-5-6-13/h7-8,11-13,16H,5-6,9-10H2,1-4H3. The Morgan fingerprint density at radius 3 is 2.52 bits per heavy atom. The van der Waals surface area contributed by atoms with E-state index in [9.17, 15) is 8.42 Å². The van der Waals surface area contributed by atoms with E-state index in [2.05, 4.69) is 19.2 Å². The van der Waals surface area contributed by atoms with E-state index < -0.39 is 10.0 Å². The number of thiophene rings is 1. The second-order valence-corrected chi connectivity index (χ2v) is 9.22. The van der Waals surface area contributed by atoms with Crippen LogP contribution in [0.3, 0.4) is 0 Å². The van der Waals surface area contributed by atoms with Gasteiger partial charge in [-0.15, -0.1) is 11.3 Å². The Morgan fingerprint density at radius 1 is 1.33 bits per heavy atom. The van der Waals surface area contributed by atoms with Crippen molar-refractivity contribution in [3.63, 3.8) is 0 Å². The molecular formula is C15H26N2O2S2. The van der Waals surface area contributed by atoms with Crippen LogP contribution in [0, 0.1) is 5.92 Å². The van der Waals surface area contributed by atoms with E-state index in [4.69, 9.17) is 0 Å². The lowest BCUT2D eigenvalue weighted by Gasteiger charge is -2.26. The number of sulfonamides is 1. The molecule has 0 aromatic carbocycles. The maximum absolute atomic E-state index is 13.0. The Bertz CT molecular complexity index is 560. The van der Waals surface area contributed by atoms with Crippen molar-refractivity contribution in [1.82, 2.24) is 9.62 Å². The SMILES string of the molecule is CC(C)NCc1sccc1S(=O)(=O)N(CC1CC1)C(C)C. The first-order valence-electron chi connectivity index (χ1n) is 7.64. The minimum atomic E-state index is -3.39. The molecule has 1 N–H and O–H groups in total. The van der Waals surface area contributed by atoms with E-state index in [1.165, 1.54) is 11.3 Å². The number of nitrogens with one attached hydrogen (secondary N) is 1. The predicted octanol–water partition coefficient (Wildman–Crippen LogP) is 3.06. The number of rotatable bonds is 8. The zero-order chi connectivity index (χ0) is 15.6. The molecule has 2 rings (SSSR count). The predicted molar refractivity (Wildman–Crippen MR) is 88.0 cm³/mol. The van der Waals surface area contributed by atoms with Gasteiger partial charge in [-0.3, -0.25) is 0 Å². The molecule has 1 aromatic heterocycles. The Kier molecular flexibility index (Phi) is 5.46. The molecule has 1 heterocycles. The highest BCUT2D eigenvalue weighted by molar-refractivity contribution is 7.89. The quantitative estimate of drug-likeness (QED) is 0.797. The summed E-state index contributed by atoms with van der Waals surface area (Å²) >= 11 is 1.51. The number of hydrogen-bond donors (Lipinski definition) is 1. The molecule has 0 bridgehead atoms. The van der Waals surface area contributed by atoms with Gasteiger partial charge in [0.25, 0.3) is 0 Å². The van der Waals surface area contributed by atoms with Gasteiger partial charge in [0.05, 0.1) is 4.90 Å². The third kappa shape index (κ3) is 4.28. The van der Waals surface area contributed by atoms with Crippen LogP contribution in [-0.2, 0) is 16.6 Å². The van der Waals surface area contributed by atoms with E-state index in [1.54, 1.807) is 10.4 Å². The van der Waals surface area contributed by atoms with Crippen molar-refractivity contribution in [3.05, 3.63) is 16.3 Å². The molecule has 0 saturated heterocycles. The average Bonchev–Trinajstić information content (AvgIpc) is 3.07. The molecule has 6 heteroatoms. The third-order valence-electron chi connectivity index (χ3n) is 3.67. The topological polar surface area (TPSA) is 49.4 Å². The fraction of sp³-hybridized carbons (Fsp3) is 0.733. The zero-order valence-corrected chi connectivity index (χ0v) is 14.9. The van der Waals surface area contributed by atoms with E-state index in [-0.39, 0.29) is 6.04 Å². The Hall–Kier alpha value is -0.430. The Balaban J connectivity index is 2.22. The number of hydrogen-bond acceptors (Lipinski definition) is 4. The van der Waals surface area contributed by atoms with E-state index >= 15 is 0 Å². The maximum Gasteiger partial charge on any atom is 0.244 e. The third-order valence-corrected chi connectivity index (χ3v) is 6.85. The molecule has 0 radical (unpaired) electrons. The highest BCUT2D eigenvalue weighted by Gasteiger charge is 2.34. The molecule has 120 valence electrons. The zero-order valence-electron chi connectivity index (χ0n) is 13.3. The highest BCUT2D eigenvalue weighted by atomic mass is 32.2. The summed E-state index contributed by atoms with van der Waals surface area (Å²) in [5.74, 6) is 0.554. The lowest BCUT2D eigenvalue weighted by atomic mass is 10.3. The first-order chi connectivity index (χ1) is 9.82. The molecule has 1 saturated carbocycles. The van der Waals surface area contributed by atoms with Gasteiger partial charge < -0.3 is 5.32 Å². The van der Waals surface area contributed by atoms with Crippen LogP contribution in [0.5, 0.6) is 0 Å². The smallest absolute Gasteiger partial charge is 0.244 e. The van der Waals surface area contributed by atoms with Crippen molar-refractivity contribution in [2.45, 2.75) is 64.1 Å². The van der Waals surface area contributed by atoms with Crippen molar-refractivity contribution in [2.24, 2.45) is 5.92 Å². The normalized spacial score (nSPS) is 16.3. The van der Waals surface area contributed by atoms with Gasteiger partial charge in [0.15, 0.2) is 0 Å². The summed E-state index contributed by atoms with van der Waals surface area (Å²) < 4.78 is 27.6. The molecule has 0 unspecified atom stereocenters. The van der Waals surface area contributed by atoms with Gasteiger partial charge in [-0.05, 0) is 44.1 Å². The van der Waals surface area contributed by atoms with Crippen LogP contribution >= 0.6 is 11.3 Å². The monoisotopic (exact) mass is 330 g/mol. The van der Waals surface area contributed by atoms with E-state index in [0.29, 0.717) is 29.9 Å². The van der Waals surface area contributed by atoms with Crippen molar-refractivity contribution in [2.75, 3.05) is 6.54 Å². The van der Waals surface area contributed by atoms with Gasteiger partial charge in [-0.25, -0.2) is 8.42 Å². The molecule has 4 nitrogen and oxygen atoms in total. The van der Waals surface area contributed by atoms with Gasteiger partial charge in [0, 0.05) is 30.1 Å². The van der Waals surface area contributed by atoms with Gasteiger partial charge >= 0.3 is 0 Å². The lowest BCUT2D eigenvalue weighted by molar-refractivity contribution is 0.341. The summed E-state index contributed by atoms with van der Waals surface area (Å²) in [5.41, 5.74) is 0. The molecular weight excluding hydrogens is 304 g/mol. The molecule has 0 aliphatic heterocycles. The maximum atomic E-state index is 13.0. The summed E-state index contributed by atoms with van der Waals surface area (Å²) in [6.07, 6.45) is 2.31. The number of nitrogens with zero attached hydrogens (tertiary/aromatic N) is 1. The second-order valence-electron chi connectivity index (χ2n) is 6.36. The van der Waals surface area contributed by atoms with Gasteiger partial charge in [-0.1, -0.05) is 13.8 Å². The molecule has 1 aromatic rings. The van der Waals surface area contributed by atoms with E-state index in [0.717, 1.165) is 17.7 Å². The second kappa shape index (κ2) is 6.77. The van der Waals surface area contributed by atoms with Crippen molar-refractivity contribution in [1.29, 1.82) is 0 Å². The first kappa shape index (κ1) is 16.9. The van der Waals surface area contributed by atoms with Crippen LogP contribution in [0.25, 0.3) is 0 Å². The van der Waals surface area contributed by atoms with Crippen LogP contribution < -0.4 is 5.32 Å². The summed E-state index contributed by atoms with van der Waals surface area (Å²) in [7, 11) is -3.39. The molecule has 0 spiro atoms. The van der Waals surface area contributed by atoms with Gasteiger partial charge in [0.1, 0.15) is 0 Å². The van der Waals surface area contributed by atoms with Crippen LogP contribution in [0.1, 0.15) is 45.4 Å². The highest BCUT2D eigenvalue weighted by Crippen LogP contribution is 2.34. The summed E-state index contributed by atoms with van der Waals surface area (Å²) in [5, 5.41) is 5.18. The van der Waals surface area contributed by atoms with Gasteiger partial charge in [-0.2, -0.15) is 4.31 Å². The minimum absolute atomic E-state index is 0.00130. The minimum Gasteiger partial charge on any atom is -0.310 e. The van der Waals surface area contributed by atoms with Crippen molar-refractivity contribution >= 4 is 21.4 Å². The molecule has 1 fully saturated rings. The molecule has 1 aliphatic carbocycles. The lowest BCUT2D eigenvalue weighted by Crippen LogP contribution is -2.38. The fourth-order valence-electron chi connectivity index (χ4n) is 2.25. The summed E-state index contributed by atoms with van der Waals surface area (Å²) in [6, 6.07) is 2.09. The van der Waals surface area contributed by atoms with Crippen LogP contribution in [0.2, 0.25) is 0 Å². The molecule has 0 amide bonds. The van der Waals surface area contributed by atoms with Crippen molar-refractivity contribution in [3.8, 4) is 0 Å². The fourth-order valence-corrected chi connectivity index (χ4v) is 5.33. The van der Waals surface area contributed by atoms with Gasteiger partial charge in [0.2, 0.25) is 10.0 Å². The van der Waals surface area contributed by atoms with Crippen molar-refractivity contribution < 1.29 is 8.42 Å². The van der Waals surface area contributed by atoms with E-state index in [1.807, 2.05) is 19.2 Å². The molecule has 1 aliphatic rings. The first-order valence-corrected chi connectivity index (χ1v) is 9.96. The largest absolute Gasteiger partial charge is 0.310 e. The molecule has 21 heavy (non-hydrogen) atoms. The Labute approximate surface area is 132 Å².